The molecule has 0 unspecified atom stereocenters. The molecule has 6 heteroatoms. The van der Waals surface area contributed by atoms with Crippen molar-refractivity contribution in [2.75, 3.05) is 12.4 Å². The molecule has 19 heavy (non-hydrogen) atoms. The zero-order valence-corrected chi connectivity index (χ0v) is 11.9. The molecule has 0 spiro atoms. The van der Waals surface area contributed by atoms with Crippen LogP contribution in [0.3, 0.4) is 0 Å². The maximum absolute atomic E-state index is 12.1. The Morgan fingerprint density at radius 1 is 1.53 bits per heavy atom. The summed E-state index contributed by atoms with van der Waals surface area (Å²) in [6.45, 7) is 1.08. The summed E-state index contributed by atoms with van der Waals surface area (Å²) in [5, 5.41) is 18.4. The Kier molecular flexibility index (Phi) is 3.61. The van der Waals surface area contributed by atoms with Crippen molar-refractivity contribution in [3.63, 3.8) is 0 Å². The van der Waals surface area contributed by atoms with Crippen molar-refractivity contribution in [3.8, 4) is 6.07 Å². The molecule has 1 saturated carbocycles. The fraction of sp³-hybridized carbons (Fsp3) is 0.462. The molecule has 0 aliphatic heterocycles. The average Bonchev–Trinajstić information content (AvgIpc) is 3.09. The minimum Gasteiger partial charge on any atom is -0.395 e. The second-order valence-electron chi connectivity index (χ2n) is 4.72. The fourth-order valence-electron chi connectivity index (χ4n) is 2.64. The first kappa shape index (κ1) is 14.3. The van der Waals surface area contributed by atoms with Gasteiger partial charge >= 0.3 is 0 Å². The van der Waals surface area contributed by atoms with E-state index in [1.165, 1.54) is 0 Å². The highest BCUT2D eigenvalue weighted by atomic mass is 35.5. The van der Waals surface area contributed by atoms with Gasteiger partial charge in [0.15, 0.2) is 9.84 Å². The Bertz CT molecular complexity index is 638. The summed E-state index contributed by atoms with van der Waals surface area (Å²) in [5.41, 5.74) is -0.551. The van der Waals surface area contributed by atoms with Crippen molar-refractivity contribution < 1.29 is 13.5 Å². The molecule has 1 fully saturated rings. The van der Waals surface area contributed by atoms with Crippen LogP contribution in [0, 0.1) is 16.7 Å². The summed E-state index contributed by atoms with van der Waals surface area (Å²) in [7, 11) is -3.39. The van der Waals surface area contributed by atoms with Gasteiger partial charge in [0.1, 0.15) is 5.41 Å². The molecule has 0 heterocycles. The number of nitrogens with zero attached hydrogens (tertiary/aromatic N) is 1. The van der Waals surface area contributed by atoms with Crippen LogP contribution in [0.1, 0.15) is 18.4 Å². The van der Waals surface area contributed by atoms with E-state index in [4.69, 9.17) is 11.6 Å². The van der Waals surface area contributed by atoms with Gasteiger partial charge < -0.3 is 5.11 Å². The van der Waals surface area contributed by atoms with Crippen molar-refractivity contribution >= 4 is 21.4 Å². The van der Waals surface area contributed by atoms with Crippen LogP contribution in [0.25, 0.3) is 0 Å². The highest BCUT2D eigenvalue weighted by Crippen LogP contribution is 2.62. The van der Waals surface area contributed by atoms with Crippen LogP contribution >= 0.6 is 11.6 Å². The first-order valence-electron chi connectivity index (χ1n) is 5.92. The number of sulfone groups is 1. The van der Waals surface area contributed by atoms with Gasteiger partial charge in [-0.2, -0.15) is 5.26 Å². The molecule has 1 aromatic rings. The molecule has 0 bridgehead atoms. The molecule has 2 rings (SSSR count). The monoisotopic (exact) mass is 299 g/mol. The van der Waals surface area contributed by atoms with Crippen LogP contribution in [0.15, 0.2) is 24.3 Å². The van der Waals surface area contributed by atoms with E-state index in [0.29, 0.717) is 10.6 Å². The lowest BCUT2D eigenvalue weighted by molar-refractivity contribution is 0.242. The standard InChI is InChI=1S/C13H14ClNO3S/c1-2-19(17,18)12-11(13(12,7-15)8-16)9-4-3-5-10(14)6-9/h3-6,11-12,16H,2,8H2,1H3/t11-,12+,13-/m1/s1. The Morgan fingerprint density at radius 3 is 2.68 bits per heavy atom. The van der Waals surface area contributed by atoms with E-state index in [1.54, 1.807) is 31.2 Å². The van der Waals surface area contributed by atoms with Gasteiger partial charge in [-0.25, -0.2) is 8.42 Å². The van der Waals surface area contributed by atoms with Crippen molar-refractivity contribution in [2.45, 2.75) is 18.1 Å². The van der Waals surface area contributed by atoms with Crippen LogP contribution in [-0.2, 0) is 9.84 Å². The smallest absolute Gasteiger partial charge is 0.155 e. The van der Waals surface area contributed by atoms with Gasteiger partial charge in [-0.15, -0.1) is 0 Å². The van der Waals surface area contributed by atoms with Crippen LogP contribution in [-0.4, -0.2) is 31.1 Å². The van der Waals surface area contributed by atoms with Gasteiger partial charge in [-0.1, -0.05) is 30.7 Å². The number of benzene rings is 1. The molecule has 3 atom stereocenters. The second kappa shape index (κ2) is 4.78. The lowest BCUT2D eigenvalue weighted by Crippen LogP contribution is -2.19. The topological polar surface area (TPSA) is 78.2 Å². The normalized spacial score (nSPS) is 29.8. The van der Waals surface area contributed by atoms with E-state index in [2.05, 4.69) is 0 Å². The highest BCUT2D eigenvalue weighted by Gasteiger charge is 2.71. The zero-order valence-electron chi connectivity index (χ0n) is 10.4. The molecule has 0 saturated heterocycles. The molecule has 1 aromatic carbocycles. The number of nitriles is 1. The van der Waals surface area contributed by atoms with Crippen LogP contribution in [0.5, 0.6) is 0 Å². The predicted octanol–water partition coefficient (Wildman–Crippen LogP) is 1.74. The molecular formula is C13H14ClNO3S. The van der Waals surface area contributed by atoms with Crippen molar-refractivity contribution in [1.82, 2.24) is 0 Å². The van der Waals surface area contributed by atoms with Crippen molar-refractivity contribution in [2.24, 2.45) is 5.41 Å². The van der Waals surface area contributed by atoms with Crippen LogP contribution in [0.2, 0.25) is 5.02 Å². The van der Waals surface area contributed by atoms with Gasteiger partial charge in [0.2, 0.25) is 0 Å². The Labute approximate surface area is 117 Å². The predicted molar refractivity (Wildman–Crippen MR) is 72.6 cm³/mol. The van der Waals surface area contributed by atoms with Gasteiger partial charge in [-0.05, 0) is 17.7 Å². The minimum atomic E-state index is -3.39. The SMILES string of the molecule is CCS(=O)(=O)[C@H]1[C@@H](c2cccc(Cl)c2)[C@@]1(C#N)CO. The lowest BCUT2D eigenvalue weighted by atomic mass is 10.0. The van der Waals surface area contributed by atoms with Crippen molar-refractivity contribution in [3.05, 3.63) is 34.9 Å². The molecule has 0 amide bonds. The average molecular weight is 300 g/mol. The number of halogens is 1. The van der Waals surface area contributed by atoms with Gasteiger partial charge in [0.25, 0.3) is 0 Å². The summed E-state index contributed by atoms with van der Waals surface area (Å²) in [4.78, 5) is 0. The summed E-state index contributed by atoms with van der Waals surface area (Å²) < 4.78 is 24.1. The van der Waals surface area contributed by atoms with Gasteiger partial charge in [-0.3, -0.25) is 0 Å². The molecule has 0 aromatic heterocycles. The van der Waals surface area contributed by atoms with Gasteiger partial charge in [0, 0.05) is 16.7 Å². The number of hydrogen-bond donors (Lipinski definition) is 1. The fourth-order valence-corrected chi connectivity index (χ4v) is 4.85. The zero-order chi connectivity index (χ0) is 14.3. The lowest BCUT2D eigenvalue weighted by Gasteiger charge is -2.03. The summed E-state index contributed by atoms with van der Waals surface area (Å²) in [6, 6.07) is 8.78. The Hall–Kier alpha value is -1.09. The van der Waals surface area contributed by atoms with Crippen LogP contribution in [0.4, 0.5) is 0 Å². The third-order valence-electron chi connectivity index (χ3n) is 3.72. The summed E-state index contributed by atoms with van der Waals surface area (Å²) in [6.07, 6.45) is 0. The maximum atomic E-state index is 12.1. The molecule has 1 N–H and O–H groups in total. The van der Waals surface area contributed by atoms with Crippen LogP contribution < -0.4 is 0 Å². The van der Waals surface area contributed by atoms with E-state index in [-0.39, 0.29) is 5.75 Å². The molecule has 1 aliphatic rings. The molecular weight excluding hydrogens is 286 g/mol. The Morgan fingerprint density at radius 2 is 2.21 bits per heavy atom. The highest BCUT2D eigenvalue weighted by molar-refractivity contribution is 7.92. The summed E-state index contributed by atoms with van der Waals surface area (Å²) in [5.74, 6) is -0.552. The van der Waals surface area contributed by atoms with E-state index in [9.17, 15) is 18.8 Å². The number of aliphatic hydroxyl groups excluding tert-OH is 1. The summed E-state index contributed by atoms with van der Waals surface area (Å²) >= 11 is 5.90. The number of aliphatic hydroxyl groups is 1. The first-order chi connectivity index (χ1) is 8.93. The second-order valence-corrected chi connectivity index (χ2v) is 7.56. The minimum absolute atomic E-state index is 0.0435. The molecule has 102 valence electrons. The quantitative estimate of drug-likeness (QED) is 0.918. The Balaban J connectivity index is 2.49. The van der Waals surface area contributed by atoms with E-state index in [1.807, 2.05) is 6.07 Å². The number of hydrogen-bond acceptors (Lipinski definition) is 4. The van der Waals surface area contributed by atoms with Crippen molar-refractivity contribution in [1.29, 1.82) is 5.26 Å². The number of rotatable bonds is 4. The molecule has 4 nitrogen and oxygen atoms in total. The molecule has 0 radical (unpaired) electrons. The maximum Gasteiger partial charge on any atom is 0.155 e. The largest absolute Gasteiger partial charge is 0.395 e. The first-order valence-corrected chi connectivity index (χ1v) is 8.01. The third kappa shape index (κ3) is 2.14. The van der Waals surface area contributed by atoms with Gasteiger partial charge in [0.05, 0.1) is 17.9 Å². The van der Waals surface area contributed by atoms with E-state index < -0.39 is 33.0 Å². The van der Waals surface area contributed by atoms with E-state index in [0.717, 1.165) is 0 Å². The molecule has 1 aliphatic carbocycles. The van der Waals surface area contributed by atoms with E-state index >= 15 is 0 Å². The third-order valence-corrected chi connectivity index (χ3v) is 6.23.